The predicted molar refractivity (Wildman–Crippen MR) is 73.3 cm³/mol. The Morgan fingerprint density at radius 3 is 2.53 bits per heavy atom. The summed E-state index contributed by atoms with van der Waals surface area (Å²) in [6.07, 6.45) is 0. The summed E-state index contributed by atoms with van der Waals surface area (Å²) in [5.41, 5.74) is 7.09. The predicted octanol–water partition coefficient (Wildman–Crippen LogP) is 2.76. The van der Waals surface area contributed by atoms with Gasteiger partial charge in [-0.2, -0.15) is 0 Å². The second-order valence-electron chi connectivity index (χ2n) is 4.24. The fourth-order valence-corrected chi connectivity index (χ4v) is 1.83. The minimum Gasteiger partial charge on any atom is -0.507 e. The van der Waals surface area contributed by atoms with Gasteiger partial charge in [0.25, 0.3) is 0 Å². The van der Waals surface area contributed by atoms with Crippen LogP contribution in [0, 0.1) is 0 Å². The third-order valence-electron chi connectivity index (χ3n) is 2.72. The molecular formula is C15H15NO3. The first-order chi connectivity index (χ1) is 9.08. The minimum absolute atomic E-state index is 0.132. The Kier molecular flexibility index (Phi) is 3.71. The van der Waals surface area contributed by atoms with E-state index in [0.29, 0.717) is 12.4 Å². The van der Waals surface area contributed by atoms with Crippen LogP contribution in [0.5, 0.6) is 11.5 Å². The van der Waals surface area contributed by atoms with Gasteiger partial charge in [-0.25, -0.2) is 0 Å². The molecule has 0 fully saturated rings. The maximum atomic E-state index is 11.3. The molecule has 0 aliphatic rings. The SMILES string of the molecule is CC(=O)c1c(N)cc(OCc2ccccc2)cc1O. The maximum absolute atomic E-state index is 11.3. The van der Waals surface area contributed by atoms with Crippen molar-refractivity contribution in [1.82, 2.24) is 0 Å². The Morgan fingerprint density at radius 2 is 1.95 bits per heavy atom. The molecule has 2 aromatic carbocycles. The van der Waals surface area contributed by atoms with Crippen LogP contribution in [0.4, 0.5) is 5.69 Å². The van der Waals surface area contributed by atoms with Crippen LogP contribution in [0.2, 0.25) is 0 Å². The summed E-state index contributed by atoms with van der Waals surface area (Å²) in [4.78, 5) is 11.3. The molecule has 0 radical (unpaired) electrons. The van der Waals surface area contributed by atoms with Crippen LogP contribution in [-0.4, -0.2) is 10.9 Å². The van der Waals surface area contributed by atoms with Gasteiger partial charge in [-0.3, -0.25) is 4.79 Å². The lowest BCUT2D eigenvalue weighted by Crippen LogP contribution is -2.02. The van der Waals surface area contributed by atoms with Gasteiger partial charge in [0.15, 0.2) is 5.78 Å². The number of nitrogens with two attached hydrogens (primary N) is 1. The van der Waals surface area contributed by atoms with Crippen LogP contribution in [0.3, 0.4) is 0 Å². The van der Waals surface area contributed by atoms with Gasteiger partial charge in [-0.05, 0) is 12.5 Å². The smallest absolute Gasteiger partial charge is 0.165 e. The first-order valence-electron chi connectivity index (χ1n) is 5.88. The lowest BCUT2D eigenvalue weighted by molar-refractivity contribution is 0.101. The summed E-state index contributed by atoms with van der Waals surface area (Å²) < 4.78 is 5.54. The first-order valence-corrected chi connectivity index (χ1v) is 5.88. The molecule has 0 saturated carbocycles. The molecule has 4 nitrogen and oxygen atoms in total. The van der Waals surface area contributed by atoms with Crippen LogP contribution in [0.25, 0.3) is 0 Å². The van der Waals surface area contributed by atoms with E-state index in [0.717, 1.165) is 5.56 Å². The number of carbonyl (C=O) groups is 1. The second kappa shape index (κ2) is 5.44. The number of rotatable bonds is 4. The Morgan fingerprint density at radius 1 is 1.26 bits per heavy atom. The van der Waals surface area contributed by atoms with Gasteiger partial charge in [0, 0.05) is 17.8 Å². The molecule has 2 aromatic rings. The molecule has 4 heteroatoms. The lowest BCUT2D eigenvalue weighted by atomic mass is 10.1. The molecule has 98 valence electrons. The number of Topliss-reactive ketones (excluding diaryl/α,β-unsaturated/α-hetero) is 1. The fourth-order valence-electron chi connectivity index (χ4n) is 1.83. The minimum atomic E-state index is -0.274. The van der Waals surface area contributed by atoms with Gasteiger partial charge < -0.3 is 15.6 Å². The van der Waals surface area contributed by atoms with Crippen molar-refractivity contribution in [2.24, 2.45) is 0 Å². The van der Waals surface area contributed by atoms with Crippen LogP contribution < -0.4 is 10.5 Å². The van der Waals surface area contributed by atoms with E-state index in [1.165, 1.54) is 13.0 Å². The average Bonchev–Trinajstić information content (AvgIpc) is 2.36. The van der Waals surface area contributed by atoms with Crippen LogP contribution in [0.1, 0.15) is 22.8 Å². The summed E-state index contributed by atoms with van der Waals surface area (Å²) in [5, 5.41) is 9.76. The Labute approximate surface area is 111 Å². The summed E-state index contributed by atoms with van der Waals surface area (Å²) in [6.45, 7) is 1.73. The molecule has 0 atom stereocenters. The van der Waals surface area contributed by atoms with E-state index in [9.17, 15) is 9.90 Å². The molecule has 0 spiro atoms. The van der Waals surface area contributed by atoms with Gasteiger partial charge in [0.2, 0.25) is 0 Å². The summed E-state index contributed by atoms with van der Waals surface area (Å²) in [6, 6.07) is 12.6. The van der Waals surface area contributed by atoms with E-state index in [4.69, 9.17) is 10.5 Å². The van der Waals surface area contributed by atoms with Gasteiger partial charge in [0.1, 0.15) is 18.1 Å². The zero-order chi connectivity index (χ0) is 13.8. The van der Waals surface area contributed by atoms with Crippen molar-refractivity contribution in [3.05, 3.63) is 53.6 Å². The quantitative estimate of drug-likeness (QED) is 0.652. The molecule has 0 saturated heterocycles. The third kappa shape index (κ3) is 3.04. The van der Waals surface area contributed by atoms with Crippen LogP contribution >= 0.6 is 0 Å². The van der Waals surface area contributed by atoms with Gasteiger partial charge in [-0.15, -0.1) is 0 Å². The number of carbonyl (C=O) groups excluding carboxylic acids is 1. The Bertz CT molecular complexity index is 571. The number of anilines is 1. The molecule has 0 bridgehead atoms. The number of aromatic hydroxyl groups is 1. The lowest BCUT2D eigenvalue weighted by Gasteiger charge is -2.10. The molecule has 0 aliphatic heterocycles. The highest BCUT2D eigenvalue weighted by atomic mass is 16.5. The molecule has 0 aliphatic carbocycles. The van der Waals surface area contributed by atoms with E-state index >= 15 is 0 Å². The molecule has 19 heavy (non-hydrogen) atoms. The number of hydrogen-bond acceptors (Lipinski definition) is 4. The summed E-state index contributed by atoms with van der Waals surface area (Å²) in [7, 11) is 0. The van der Waals surface area contributed by atoms with E-state index in [1.54, 1.807) is 6.07 Å². The average molecular weight is 257 g/mol. The maximum Gasteiger partial charge on any atom is 0.165 e. The monoisotopic (exact) mass is 257 g/mol. The van der Waals surface area contributed by atoms with Crippen molar-refractivity contribution in [3.63, 3.8) is 0 Å². The Balaban J connectivity index is 2.16. The molecular weight excluding hydrogens is 242 g/mol. The van der Waals surface area contributed by atoms with Crippen LogP contribution in [0.15, 0.2) is 42.5 Å². The molecule has 0 unspecified atom stereocenters. The zero-order valence-electron chi connectivity index (χ0n) is 10.6. The van der Waals surface area contributed by atoms with Gasteiger partial charge in [0.05, 0.1) is 5.56 Å². The third-order valence-corrected chi connectivity index (χ3v) is 2.72. The number of nitrogen functional groups attached to an aromatic ring is 1. The van der Waals surface area contributed by atoms with Gasteiger partial charge in [-0.1, -0.05) is 30.3 Å². The zero-order valence-corrected chi connectivity index (χ0v) is 10.6. The highest BCUT2D eigenvalue weighted by Crippen LogP contribution is 2.30. The molecule has 0 aromatic heterocycles. The van der Waals surface area contributed by atoms with E-state index in [-0.39, 0.29) is 22.8 Å². The first kappa shape index (κ1) is 13.0. The van der Waals surface area contributed by atoms with Crippen molar-refractivity contribution < 1.29 is 14.6 Å². The van der Waals surface area contributed by atoms with E-state index in [1.807, 2.05) is 30.3 Å². The fraction of sp³-hybridized carbons (Fsp3) is 0.133. The van der Waals surface area contributed by atoms with Crippen molar-refractivity contribution in [2.75, 3.05) is 5.73 Å². The topological polar surface area (TPSA) is 72.6 Å². The largest absolute Gasteiger partial charge is 0.507 e. The van der Waals surface area contributed by atoms with Crippen molar-refractivity contribution in [1.29, 1.82) is 0 Å². The summed E-state index contributed by atoms with van der Waals surface area (Å²) in [5.74, 6) is 0.00373. The number of benzene rings is 2. The van der Waals surface area contributed by atoms with Crippen molar-refractivity contribution in [2.45, 2.75) is 13.5 Å². The second-order valence-corrected chi connectivity index (χ2v) is 4.24. The van der Waals surface area contributed by atoms with E-state index in [2.05, 4.69) is 0 Å². The standard InChI is InChI=1S/C15H15NO3/c1-10(17)15-13(16)7-12(8-14(15)18)19-9-11-5-3-2-4-6-11/h2-8,18H,9,16H2,1H3. The molecule has 3 N–H and O–H groups in total. The molecule has 0 heterocycles. The number of phenols is 1. The highest BCUT2D eigenvalue weighted by molar-refractivity contribution is 6.02. The van der Waals surface area contributed by atoms with E-state index < -0.39 is 0 Å². The number of ether oxygens (including phenoxy) is 1. The van der Waals surface area contributed by atoms with Crippen molar-refractivity contribution in [3.8, 4) is 11.5 Å². The Hall–Kier alpha value is -2.49. The summed E-state index contributed by atoms with van der Waals surface area (Å²) >= 11 is 0. The molecule has 2 rings (SSSR count). The molecule has 0 amide bonds. The van der Waals surface area contributed by atoms with Gasteiger partial charge >= 0.3 is 0 Å². The normalized spacial score (nSPS) is 10.2. The number of phenolic OH excluding ortho intramolecular Hbond substituents is 1. The number of hydrogen-bond donors (Lipinski definition) is 2. The van der Waals surface area contributed by atoms with Crippen LogP contribution in [-0.2, 0) is 6.61 Å². The van der Waals surface area contributed by atoms with Crippen molar-refractivity contribution >= 4 is 11.5 Å². The number of ketones is 1. The highest BCUT2D eigenvalue weighted by Gasteiger charge is 2.13.